The van der Waals surface area contributed by atoms with Gasteiger partial charge in [-0.25, -0.2) is 0 Å². The van der Waals surface area contributed by atoms with Crippen molar-refractivity contribution >= 4 is 68.2 Å². The van der Waals surface area contributed by atoms with Gasteiger partial charge < -0.3 is 19.6 Å². The van der Waals surface area contributed by atoms with Gasteiger partial charge in [0.25, 0.3) is 0 Å². The average Bonchev–Trinajstić information content (AvgIpc) is 1.53. The molecule has 0 atom stereocenters. The Morgan fingerprint density at radius 3 is 0.841 bits per heavy atom. The highest BCUT2D eigenvalue weighted by Crippen LogP contribution is 2.43. The van der Waals surface area contributed by atoms with Gasteiger partial charge in [0.15, 0.2) is 0 Å². The van der Waals surface area contributed by atoms with Crippen LogP contribution in [-0.4, -0.2) is 0 Å². The van der Waals surface area contributed by atoms with Crippen LogP contribution in [0.2, 0.25) is 0 Å². The van der Waals surface area contributed by atoms with E-state index >= 15 is 0 Å². The van der Waals surface area contributed by atoms with Crippen LogP contribution in [-0.2, 0) is 25.7 Å². The molecule has 0 N–H and O–H groups in total. The Morgan fingerprint density at radius 2 is 0.545 bits per heavy atom. The number of anilines is 12. The molecule has 0 spiro atoms. The lowest BCUT2D eigenvalue weighted by Gasteiger charge is -2.29. The minimum absolute atomic E-state index is 0.987. The molecule has 0 fully saturated rings. The molecule has 0 saturated heterocycles. The number of aryl methyl sites for hydroxylation is 6. The van der Waals surface area contributed by atoms with Crippen molar-refractivity contribution in [3.05, 3.63) is 326 Å². The van der Waals surface area contributed by atoms with E-state index in [9.17, 15) is 0 Å². The standard InChI is InChI=1S/C84H86N4/c1-7-11-15-17-19-25-69-27-21-29-83(63-69)87(74-45-33-66(6)34-46-74)81-59-61-82(62-60-81)88(84-30-22-28-70(64-84)26-20-18-16-12-8-2)78-53-41-72(42-54-78)71-39-51-77(52-40-71)86(76-49-37-68(38-50-76)24-14-10-4)80-57-55-79(56-58-80)85(73-43-31-65(5)32-44-73)75-47-35-67(36-48-75)23-13-9-3/h7-8,11-12,15-16,21-22,27-64H,1-2,9-10,13-14,17-20,23-26H2,3-6H3/b15-11+,16-12+. The van der Waals surface area contributed by atoms with Gasteiger partial charge in [-0.15, -0.1) is 0 Å². The highest BCUT2D eigenvalue weighted by molar-refractivity contribution is 5.85. The molecule has 0 radical (unpaired) electrons. The average molecular weight is 1150 g/mol. The molecule has 10 rings (SSSR count). The van der Waals surface area contributed by atoms with Crippen LogP contribution in [0.5, 0.6) is 0 Å². The monoisotopic (exact) mass is 1150 g/mol. The van der Waals surface area contributed by atoms with Crippen molar-refractivity contribution in [2.45, 2.75) is 105 Å². The predicted octanol–water partition coefficient (Wildman–Crippen LogP) is 24.7. The summed E-state index contributed by atoms with van der Waals surface area (Å²) < 4.78 is 0. The van der Waals surface area contributed by atoms with Gasteiger partial charge in [0.1, 0.15) is 0 Å². The van der Waals surface area contributed by atoms with E-state index < -0.39 is 0 Å². The lowest BCUT2D eigenvalue weighted by Crippen LogP contribution is -2.12. The summed E-state index contributed by atoms with van der Waals surface area (Å²) >= 11 is 0. The molecule has 0 saturated carbocycles. The van der Waals surface area contributed by atoms with Gasteiger partial charge in [0.05, 0.1) is 0 Å². The molecule has 10 aromatic carbocycles. The summed E-state index contributed by atoms with van der Waals surface area (Å²) in [6.45, 7) is 16.5. The highest BCUT2D eigenvalue weighted by Gasteiger charge is 2.20. The summed E-state index contributed by atoms with van der Waals surface area (Å²) in [5.41, 5.74) is 23.6. The molecular formula is C84H86N4. The normalized spacial score (nSPS) is 11.3. The van der Waals surface area contributed by atoms with Crippen LogP contribution < -0.4 is 19.6 Å². The molecule has 0 amide bonds. The minimum Gasteiger partial charge on any atom is -0.311 e. The Labute approximate surface area is 526 Å². The van der Waals surface area contributed by atoms with Gasteiger partial charge >= 0.3 is 0 Å². The van der Waals surface area contributed by atoms with Crippen LogP contribution in [0.4, 0.5) is 68.2 Å². The first kappa shape index (κ1) is 61.4. The summed E-state index contributed by atoms with van der Waals surface area (Å²) in [7, 11) is 0. The van der Waals surface area contributed by atoms with Crippen LogP contribution in [0, 0.1) is 13.8 Å². The molecule has 442 valence electrons. The molecule has 88 heavy (non-hydrogen) atoms. The first-order valence-corrected chi connectivity index (χ1v) is 31.9. The summed E-state index contributed by atoms with van der Waals surface area (Å²) in [6.07, 6.45) is 25.3. The molecule has 0 aliphatic heterocycles. The van der Waals surface area contributed by atoms with Gasteiger partial charge in [-0.3, -0.25) is 0 Å². The molecule has 4 heteroatoms. The van der Waals surface area contributed by atoms with Crippen LogP contribution in [0.15, 0.2) is 292 Å². The first-order chi connectivity index (χ1) is 43.3. The molecule has 0 aliphatic carbocycles. The van der Waals surface area contributed by atoms with E-state index in [-0.39, 0.29) is 0 Å². The van der Waals surface area contributed by atoms with Crippen molar-refractivity contribution in [3.63, 3.8) is 0 Å². The second kappa shape index (κ2) is 31.1. The van der Waals surface area contributed by atoms with E-state index in [1.807, 2.05) is 24.3 Å². The molecule has 0 aromatic heterocycles. The fourth-order valence-corrected chi connectivity index (χ4v) is 11.6. The summed E-state index contributed by atoms with van der Waals surface area (Å²) in [6, 6.07) is 90.4. The quantitative estimate of drug-likeness (QED) is 0.0342. The number of nitrogens with zero attached hydrogens (tertiary/aromatic N) is 4. The smallest absolute Gasteiger partial charge is 0.0464 e. The predicted molar refractivity (Wildman–Crippen MR) is 382 cm³/mol. The topological polar surface area (TPSA) is 13.0 Å². The zero-order valence-corrected chi connectivity index (χ0v) is 52.2. The number of rotatable bonds is 29. The fourth-order valence-electron chi connectivity index (χ4n) is 11.6. The van der Waals surface area contributed by atoms with Crippen LogP contribution in [0.25, 0.3) is 11.1 Å². The van der Waals surface area contributed by atoms with Crippen molar-refractivity contribution in [3.8, 4) is 11.1 Å². The van der Waals surface area contributed by atoms with E-state index in [2.05, 4.69) is 315 Å². The van der Waals surface area contributed by atoms with E-state index in [1.165, 1.54) is 59.1 Å². The SMILES string of the molecule is C=C/C=C/CCCc1cccc(N(c2ccc(C)cc2)c2ccc(N(c3ccc(-c4ccc(N(c5ccc(CCCC)cc5)c5ccc(N(c6ccc(C)cc6)c6ccc(CCCC)cc6)cc5)cc4)cc3)c3cccc(CCC/C=C/C=C)c3)cc2)c1. The molecule has 0 heterocycles. The summed E-state index contributed by atoms with van der Waals surface area (Å²) in [5, 5.41) is 0. The second-order valence-corrected chi connectivity index (χ2v) is 23.1. The molecule has 4 nitrogen and oxygen atoms in total. The third kappa shape index (κ3) is 16.1. The van der Waals surface area contributed by atoms with E-state index in [4.69, 9.17) is 0 Å². The van der Waals surface area contributed by atoms with Crippen LogP contribution in [0.3, 0.4) is 0 Å². The Kier molecular flexibility index (Phi) is 21.7. The highest BCUT2D eigenvalue weighted by atomic mass is 15.2. The maximum absolute atomic E-state index is 3.86. The van der Waals surface area contributed by atoms with Crippen molar-refractivity contribution in [1.82, 2.24) is 0 Å². The number of hydrogen-bond donors (Lipinski definition) is 0. The number of unbranched alkanes of at least 4 members (excludes halogenated alkanes) is 4. The number of allylic oxidation sites excluding steroid dienone is 6. The second-order valence-electron chi connectivity index (χ2n) is 23.1. The maximum Gasteiger partial charge on any atom is 0.0464 e. The van der Waals surface area contributed by atoms with Crippen LogP contribution in [0.1, 0.15) is 98.6 Å². The molecular weight excluding hydrogens is 1060 g/mol. The third-order valence-corrected chi connectivity index (χ3v) is 16.5. The van der Waals surface area contributed by atoms with Gasteiger partial charge in [-0.05, 0) is 257 Å². The van der Waals surface area contributed by atoms with Crippen molar-refractivity contribution < 1.29 is 0 Å². The van der Waals surface area contributed by atoms with E-state index in [1.54, 1.807) is 0 Å². The van der Waals surface area contributed by atoms with Crippen molar-refractivity contribution in [1.29, 1.82) is 0 Å². The summed E-state index contributed by atoms with van der Waals surface area (Å²) in [5.74, 6) is 0. The maximum atomic E-state index is 3.86. The zero-order chi connectivity index (χ0) is 60.9. The third-order valence-electron chi connectivity index (χ3n) is 16.5. The Hall–Kier alpha value is -9.64. The van der Waals surface area contributed by atoms with E-state index in [0.717, 1.165) is 131 Å². The van der Waals surface area contributed by atoms with Gasteiger partial charge in [0.2, 0.25) is 0 Å². The van der Waals surface area contributed by atoms with Gasteiger partial charge in [0, 0.05) is 68.2 Å². The number of hydrogen-bond acceptors (Lipinski definition) is 4. The Bertz CT molecular complexity index is 3840. The summed E-state index contributed by atoms with van der Waals surface area (Å²) in [4.78, 5) is 9.53. The molecule has 0 bridgehead atoms. The first-order valence-electron chi connectivity index (χ1n) is 31.9. The molecule has 0 aliphatic rings. The zero-order valence-electron chi connectivity index (χ0n) is 52.2. The van der Waals surface area contributed by atoms with E-state index in [0.29, 0.717) is 0 Å². The number of benzene rings is 10. The van der Waals surface area contributed by atoms with Gasteiger partial charge in [-0.1, -0.05) is 184 Å². The lowest BCUT2D eigenvalue weighted by atomic mass is 10.0. The van der Waals surface area contributed by atoms with Crippen LogP contribution >= 0.6 is 0 Å². The minimum atomic E-state index is 0.987. The Balaban J connectivity index is 0.960. The lowest BCUT2D eigenvalue weighted by molar-refractivity contribution is 0.795. The van der Waals surface area contributed by atoms with Gasteiger partial charge in [-0.2, -0.15) is 0 Å². The fraction of sp³-hybridized carbons (Fsp3) is 0.190. The van der Waals surface area contributed by atoms with Crippen molar-refractivity contribution in [2.75, 3.05) is 19.6 Å². The molecule has 0 unspecified atom stereocenters. The Morgan fingerprint density at radius 1 is 0.284 bits per heavy atom. The molecule has 10 aromatic rings. The largest absolute Gasteiger partial charge is 0.311 e. The van der Waals surface area contributed by atoms with Crippen molar-refractivity contribution in [2.24, 2.45) is 0 Å².